The third-order valence-corrected chi connectivity index (χ3v) is 8.32. The topological polar surface area (TPSA) is 103 Å². The number of ether oxygens (including phenoxy) is 2. The van der Waals surface area contributed by atoms with Gasteiger partial charge in [0.25, 0.3) is 0 Å². The van der Waals surface area contributed by atoms with Crippen molar-refractivity contribution in [1.82, 2.24) is 19.5 Å². The van der Waals surface area contributed by atoms with Gasteiger partial charge in [-0.3, -0.25) is 4.57 Å². The minimum absolute atomic E-state index is 0.176. The summed E-state index contributed by atoms with van der Waals surface area (Å²) in [4.78, 5) is 12.3. The Bertz CT molecular complexity index is 810. The maximum absolute atomic E-state index is 11.0. The van der Waals surface area contributed by atoms with E-state index in [-0.39, 0.29) is 17.6 Å². The summed E-state index contributed by atoms with van der Waals surface area (Å²) in [6.45, 7) is 13.0. The lowest BCUT2D eigenvalue weighted by molar-refractivity contribution is -0.127. The Morgan fingerprint density at radius 3 is 2.70 bits per heavy atom. The number of fused-ring (bicyclic) bond motifs is 1. The van der Waals surface area contributed by atoms with Crippen molar-refractivity contribution in [3.05, 3.63) is 12.7 Å². The summed E-state index contributed by atoms with van der Waals surface area (Å²) in [6.07, 6.45) is 2.43. The molecule has 3 heterocycles. The highest BCUT2D eigenvalue weighted by Gasteiger charge is 2.53. The second-order valence-electron chi connectivity index (χ2n) is 8.45. The van der Waals surface area contributed by atoms with Crippen LogP contribution in [0.5, 0.6) is 5.88 Å². The molecule has 8 nitrogen and oxygen atoms in total. The Kier molecular flexibility index (Phi) is 5.32. The molecular formula is C18H30N4O4Si. The van der Waals surface area contributed by atoms with E-state index in [2.05, 4.69) is 55.7 Å². The highest BCUT2D eigenvalue weighted by Crippen LogP contribution is 2.40. The van der Waals surface area contributed by atoms with Crippen LogP contribution in [0.2, 0.25) is 13.1 Å². The van der Waals surface area contributed by atoms with E-state index in [0.717, 1.165) is 0 Å². The van der Waals surface area contributed by atoms with E-state index in [1.165, 1.54) is 6.33 Å². The van der Waals surface area contributed by atoms with Crippen LogP contribution in [0.1, 0.15) is 34.1 Å². The van der Waals surface area contributed by atoms with E-state index in [9.17, 15) is 10.2 Å². The molecule has 0 bridgehead atoms. The van der Waals surface area contributed by atoms with Gasteiger partial charge >= 0.3 is 0 Å². The zero-order valence-corrected chi connectivity index (χ0v) is 18.0. The van der Waals surface area contributed by atoms with E-state index in [0.29, 0.717) is 30.1 Å². The van der Waals surface area contributed by atoms with Crippen LogP contribution < -0.4 is 0 Å². The number of aromatic nitrogens is 4. The number of nitrogens with zero attached hydrogens (tertiary/aromatic N) is 4. The van der Waals surface area contributed by atoms with Crippen LogP contribution in [0.25, 0.3) is 11.2 Å². The number of aromatic hydroxyl groups is 1. The Labute approximate surface area is 161 Å². The van der Waals surface area contributed by atoms with Crippen molar-refractivity contribution < 1.29 is 19.7 Å². The third kappa shape index (κ3) is 3.37. The molecular weight excluding hydrogens is 364 g/mol. The molecule has 0 spiro atoms. The van der Waals surface area contributed by atoms with Crippen LogP contribution in [0.3, 0.4) is 0 Å². The predicted molar refractivity (Wildman–Crippen MR) is 104 cm³/mol. The summed E-state index contributed by atoms with van der Waals surface area (Å²) in [7, 11) is -1.60. The highest BCUT2D eigenvalue weighted by molar-refractivity contribution is 6.58. The van der Waals surface area contributed by atoms with E-state index in [4.69, 9.17) is 9.47 Å². The fourth-order valence-electron chi connectivity index (χ4n) is 3.48. The monoisotopic (exact) mass is 394 g/mol. The van der Waals surface area contributed by atoms with Gasteiger partial charge in [-0.25, -0.2) is 9.97 Å². The van der Waals surface area contributed by atoms with E-state index in [1.54, 1.807) is 10.9 Å². The Morgan fingerprint density at radius 1 is 1.37 bits per heavy atom. The van der Waals surface area contributed by atoms with Gasteiger partial charge in [0.15, 0.2) is 16.5 Å². The zero-order chi connectivity index (χ0) is 20.0. The molecule has 0 unspecified atom stereocenters. The van der Waals surface area contributed by atoms with Crippen molar-refractivity contribution in [2.75, 3.05) is 6.61 Å². The molecule has 1 fully saturated rings. The molecule has 3 atom stereocenters. The first-order valence-electron chi connectivity index (χ1n) is 9.47. The summed E-state index contributed by atoms with van der Waals surface area (Å²) in [5.74, 6) is 0.190. The first-order chi connectivity index (χ1) is 12.6. The average molecular weight is 395 g/mol. The van der Waals surface area contributed by atoms with Crippen LogP contribution in [-0.2, 0) is 14.8 Å². The van der Waals surface area contributed by atoms with E-state index < -0.39 is 20.2 Å². The van der Waals surface area contributed by atoms with Crippen LogP contribution in [0.15, 0.2) is 12.7 Å². The second-order valence-corrected chi connectivity index (χ2v) is 11.6. The maximum atomic E-state index is 11.0. The number of rotatable bonds is 6. The van der Waals surface area contributed by atoms with Gasteiger partial charge in [0.2, 0.25) is 5.88 Å². The minimum atomic E-state index is -1.60. The van der Waals surface area contributed by atoms with Gasteiger partial charge in [-0.1, -0.05) is 26.9 Å². The van der Waals surface area contributed by atoms with Gasteiger partial charge in [-0.2, -0.15) is 4.98 Å². The largest absolute Gasteiger partial charge is 0.492 e. The zero-order valence-electron chi connectivity index (χ0n) is 16.9. The molecule has 9 heteroatoms. The lowest BCUT2D eigenvalue weighted by atomic mass is 9.94. The molecule has 27 heavy (non-hydrogen) atoms. The normalized spacial score (nSPS) is 26.6. The second kappa shape index (κ2) is 7.12. The SMILES string of the molecule is CC(C)C(C)(C)OC[C@@H]1C[C@@H](O)[C@@](n2cnc3c(O)ncnc32)([SiH](C)C)O1. The van der Waals surface area contributed by atoms with Gasteiger partial charge in [0, 0.05) is 6.42 Å². The molecule has 0 radical (unpaired) electrons. The molecule has 1 aliphatic heterocycles. The van der Waals surface area contributed by atoms with Crippen molar-refractivity contribution in [3.63, 3.8) is 0 Å². The van der Waals surface area contributed by atoms with Crippen LogP contribution in [0, 0.1) is 5.92 Å². The molecule has 2 aromatic rings. The summed E-state index contributed by atoms with van der Waals surface area (Å²) in [6, 6.07) is 0. The maximum Gasteiger partial charge on any atom is 0.242 e. The molecule has 1 saturated heterocycles. The summed E-state index contributed by atoms with van der Waals surface area (Å²) in [5.41, 5.74) is 0.505. The number of hydrogen-bond donors (Lipinski definition) is 2. The smallest absolute Gasteiger partial charge is 0.242 e. The lowest BCUT2D eigenvalue weighted by Crippen LogP contribution is -2.52. The number of imidazole rings is 1. The number of hydrogen-bond acceptors (Lipinski definition) is 7. The van der Waals surface area contributed by atoms with Crippen molar-refractivity contribution in [2.45, 2.75) is 70.4 Å². The number of aliphatic hydroxyl groups excluding tert-OH is 1. The predicted octanol–water partition coefficient (Wildman–Crippen LogP) is 1.81. The summed E-state index contributed by atoms with van der Waals surface area (Å²) < 4.78 is 14.3. The first kappa shape index (κ1) is 20.2. The van der Waals surface area contributed by atoms with Crippen LogP contribution >= 0.6 is 0 Å². The quantitative estimate of drug-likeness (QED) is 0.720. The van der Waals surface area contributed by atoms with Crippen molar-refractivity contribution >= 4 is 20.0 Å². The van der Waals surface area contributed by atoms with Crippen molar-refractivity contribution in [1.29, 1.82) is 0 Å². The molecule has 0 saturated carbocycles. The third-order valence-electron chi connectivity index (χ3n) is 5.87. The highest BCUT2D eigenvalue weighted by atomic mass is 28.3. The molecule has 2 N–H and O–H groups in total. The van der Waals surface area contributed by atoms with Crippen LogP contribution in [-0.4, -0.2) is 62.9 Å². The van der Waals surface area contributed by atoms with Gasteiger partial charge in [-0.05, 0) is 19.8 Å². The molecule has 1 aliphatic rings. The molecule has 0 aliphatic carbocycles. The molecule has 150 valence electrons. The Morgan fingerprint density at radius 2 is 2.07 bits per heavy atom. The Balaban J connectivity index is 1.92. The molecule has 0 amide bonds. The molecule has 2 aromatic heterocycles. The first-order valence-corrected chi connectivity index (χ1v) is 12.4. The number of aliphatic hydroxyl groups is 1. The Hall–Kier alpha value is -1.55. The van der Waals surface area contributed by atoms with Gasteiger partial charge in [-0.15, -0.1) is 0 Å². The van der Waals surface area contributed by atoms with E-state index in [1.807, 2.05) is 0 Å². The average Bonchev–Trinajstić information content (AvgIpc) is 3.15. The standard InChI is InChI=1S/C18H30N4O4Si/c1-11(2)17(3,4)25-8-12-7-13(23)18(26-12,27(5)6)22-10-21-14-15(22)19-9-20-16(14)24/h9-13,23,27H,7-8H2,1-6H3,(H,19,20,24)/t12-,13+,18-/m0/s1. The summed E-state index contributed by atoms with van der Waals surface area (Å²) >= 11 is 0. The van der Waals surface area contributed by atoms with E-state index >= 15 is 0 Å². The fraction of sp³-hybridized carbons (Fsp3) is 0.722. The molecule has 3 rings (SSSR count). The molecule has 0 aromatic carbocycles. The van der Waals surface area contributed by atoms with Gasteiger partial charge < -0.3 is 19.7 Å². The van der Waals surface area contributed by atoms with Crippen molar-refractivity contribution in [3.8, 4) is 5.88 Å². The summed E-state index contributed by atoms with van der Waals surface area (Å²) in [5, 5.41) is 20.1. The minimum Gasteiger partial charge on any atom is -0.492 e. The van der Waals surface area contributed by atoms with Crippen LogP contribution in [0.4, 0.5) is 0 Å². The van der Waals surface area contributed by atoms with Gasteiger partial charge in [0.1, 0.15) is 12.4 Å². The fourth-order valence-corrected chi connectivity index (χ4v) is 5.60. The lowest BCUT2D eigenvalue weighted by Gasteiger charge is -2.37. The van der Waals surface area contributed by atoms with Crippen molar-refractivity contribution in [2.24, 2.45) is 5.92 Å². The van der Waals surface area contributed by atoms with Gasteiger partial charge in [0.05, 0.1) is 33.4 Å².